The predicted molar refractivity (Wildman–Crippen MR) is 172 cm³/mol. The number of hydrogen-bond donors (Lipinski definition) is 7. The van der Waals surface area contributed by atoms with Crippen molar-refractivity contribution in [2.45, 2.75) is 92.2 Å². The van der Waals surface area contributed by atoms with Crippen molar-refractivity contribution in [2.75, 3.05) is 0 Å². The molecule has 2 aromatic heterocycles. The van der Waals surface area contributed by atoms with Crippen LogP contribution in [0.3, 0.4) is 0 Å². The van der Waals surface area contributed by atoms with E-state index < -0.39 is 11.9 Å². The minimum Gasteiger partial charge on any atom is -0.481 e. The number of rotatable bonds is 11. The van der Waals surface area contributed by atoms with Crippen LogP contribution in [0.5, 0.6) is 0 Å². The molecule has 1 saturated heterocycles. The van der Waals surface area contributed by atoms with E-state index in [1.807, 2.05) is 53.7 Å². The monoisotopic (exact) mass is 622 g/mol. The van der Waals surface area contributed by atoms with Gasteiger partial charge in [-0.3, -0.25) is 19.2 Å². The van der Waals surface area contributed by atoms with Gasteiger partial charge in [0.2, 0.25) is 11.8 Å². The molecule has 2 aliphatic rings. The van der Waals surface area contributed by atoms with Gasteiger partial charge in [-0.25, -0.2) is 0 Å². The number of nitrogens with one attached hydrogen (secondary N) is 4. The topological polar surface area (TPSA) is 164 Å². The van der Waals surface area contributed by atoms with Gasteiger partial charge in [0, 0.05) is 46.9 Å². The Balaban J connectivity index is 1.85. The molecule has 0 aliphatic carbocycles. The molecule has 0 spiro atoms. The van der Waals surface area contributed by atoms with Crippen molar-refractivity contribution in [3.05, 3.63) is 66.0 Å². The Labute approximate surface area is 262 Å². The minimum atomic E-state index is -0.913. The standard InChI is InChI=1S/C33H42N4O6S/c1-7-20-15(2)25(36-33(20)43)12-23-16(3)21(8-10-29(38)39)26(34-23)14-27-22(9-11-30(40)41)17(4)24(35-27)13-28-31(19(6)44)18(5)32(42)37-28/h13-14,18,25,28,34-35,44H,7-12H2,1-6H3,(H,36,43)(H,37,42)(H,38,39)(H,40,41)/b24-13+,27-14-,31-19+/t18?,25-,28+/m1/s1. The van der Waals surface area contributed by atoms with Gasteiger partial charge in [-0.15, -0.1) is 12.6 Å². The van der Waals surface area contributed by atoms with E-state index in [9.17, 15) is 29.4 Å². The summed E-state index contributed by atoms with van der Waals surface area (Å²) in [6.07, 6.45) is 5.52. The zero-order chi connectivity index (χ0) is 32.5. The van der Waals surface area contributed by atoms with Gasteiger partial charge in [0.15, 0.2) is 0 Å². The maximum Gasteiger partial charge on any atom is 0.303 e. The molecule has 3 atom stereocenters. The second-order valence-electron chi connectivity index (χ2n) is 11.8. The molecule has 0 bridgehead atoms. The van der Waals surface area contributed by atoms with Gasteiger partial charge >= 0.3 is 11.9 Å². The average Bonchev–Trinajstić information content (AvgIpc) is 3.59. The van der Waals surface area contributed by atoms with E-state index in [1.165, 1.54) is 0 Å². The first kappa shape index (κ1) is 32.9. The van der Waals surface area contributed by atoms with Crippen molar-refractivity contribution in [3.8, 4) is 0 Å². The maximum atomic E-state index is 12.5. The molecule has 10 nitrogen and oxygen atoms in total. The van der Waals surface area contributed by atoms with Crippen LogP contribution in [0.2, 0.25) is 0 Å². The number of thiol groups is 1. The molecule has 2 amide bonds. The minimum absolute atomic E-state index is 0.0511. The van der Waals surface area contributed by atoms with E-state index in [1.54, 1.807) is 0 Å². The lowest BCUT2D eigenvalue weighted by Gasteiger charge is -2.12. The van der Waals surface area contributed by atoms with Crippen molar-refractivity contribution in [1.82, 2.24) is 20.6 Å². The third-order valence-electron chi connectivity index (χ3n) is 9.02. The largest absolute Gasteiger partial charge is 0.481 e. The van der Waals surface area contributed by atoms with Crippen LogP contribution in [-0.2, 0) is 38.4 Å². The molecule has 1 unspecified atom stereocenters. The quantitative estimate of drug-likeness (QED) is 0.191. The second-order valence-corrected chi connectivity index (χ2v) is 12.4. The lowest BCUT2D eigenvalue weighted by molar-refractivity contribution is -0.138. The first-order chi connectivity index (χ1) is 20.7. The molecule has 2 aromatic rings. The summed E-state index contributed by atoms with van der Waals surface area (Å²) >= 11 is 4.53. The number of aromatic amines is 2. The van der Waals surface area contributed by atoms with Crippen molar-refractivity contribution in [1.29, 1.82) is 0 Å². The summed E-state index contributed by atoms with van der Waals surface area (Å²) in [5.74, 6) is -2.26. The third kappa shape index (κ3) is 6.72. The van der Waals surface area contributed by atoms with Crippen molar-refractivity contribution in [2.24, 2.45) is 5.92 Å². The highest BCUT2D eigenvalue weighted by molar-refractivity contribution is 7.84. The van der Waals surface area contributed by atoms with Gasteiger partial charge in [0.05, 0.1) is 18.0 Å². The summed E-state index contributed by atoms with van der Waals surface area (Å²) in [6.45, 7) is 11.5. The number of aromatic nitrogens is 2. The molecule has 0 aromatic carbocycles. The molecule has 0 radical (unpaired) electrons. The Morgan fingerprint density at radius 1 is 0.932 bits per heavy atom. The first-order valence-electron chi connectivity index (χ1n) is 15.0. The SMILES string of the molecule is CCC1=C(C)[C@@H](Cc2[nH]c(/C=c3\[nH]/c(=C/[C@@H]4NC(=O)C(C)/C4=C(/C)S)c(C)c3CCC(=O)O)c(CCC(=O)O)c2C)NC1=O. The predicted octanol–water partition coefficient (Wildman–Crippen LogP) is 2.71. The van der Waals surface area contributed by atoms with Crippen molar-refractivity contribution < 1.29 is 29.4 Å². The molecule has 4 heterocycles. The number of carboxylic acids is 2. The van der Waals surface area contributed by atoms with Crippen molar-refractivity contribution in [3.63, 3.8) is 0 Å². The van der Waals surface area contributed by atoms with E-state index in [2.05, 4.69) is 33.2 Å². The van der Waals surface area contributed by atoms with Gasteiger partial charge in [0.25, 0.3) is 0 Å². The molecule has 6 N–H and O–H groups in total. The zero-order valence-corrected chi connectivity index (χ0v) is 27.0. The zero-order valence-electron chi connectivity index (χ0n) is 26.1. The molecule has 1 fully saturated rings. The number of carboxylic acid groups (broad SMARTS) is 2. The summed E-state index contributed by atoms with van der Waals surface area (Å²) in [5, 5.41) is 26.5. The van der Waals surface area contributed by atoms with Gasteiger partial charge in [-0.2, -0.15) is 0 Å². The highest BCUT2D eigenvalue weighted by Crippen LogP contribution is 2.29. The number of allylic oxidation sites excluding steroid dienone is 1. The van der Waals surface area contributed by atoms with Crippen LogP contribution in [0.4, 0.5) is 0 Å². The van der Waals surface area contributed by atoms with E-state index in [0.29, 0.717) is 24.6 Å². The van der Waals surface area contributed by atoms with Crippen LogP contribution in [-0.4, -0.2) is 56.0 Å². The second kappa shape index (κ2) is 13.3. The smallest absolute Gasteiger partial charge is 0.303 e. The summed E-state index contributed by atoms with van der Waals surface area (Å²) < 4.78 is 0. The van der Waals surface area contributed by atoms with Gasteiger partial charge in [0.1, 0.15) is 0 Å². The number of amides is 2. The fourth-order valence-electron chi connectivity index (χ4n) is 6.46. The molecular weight excluding hydrogens is 580 g/mol. The van der Waals surface area contributed by atoms with Gasteiger partial charge in [-0.05, 0) is 104 Å². The molecule has 2 aliphatic heterocycles. The van der Waals surface area contributed by atoms with Crippen LogP contribution in [0.15, 0.2) is 21.6 Å². The van der Waals surface area contributed by atoms with E-state index >= 15 is 0 Å². The Bertz CT molecular complexity index is 1710. The molecule has 0 saturated carbocycles. The number of aliphatic carboxylic acids is 2. The number of H-pyrrole nitrogens is 2. The maximum absolute atomic E-state index is 12.5. The van der Waals surface area contributed by atoms with Crippen LogP contribution in [0, 0.1) is 19.8 Å². The molecule has 44 heavy (non-hydrogen) atoms. The normalized spacial score (nSPS) is 22.2. The fraction of sp³-hybridized carbons (Fsp3) is 0.455. The van der Waals surface area contributed by atoms with Gasteiger partial charge in [-0.1, -0.05) is 6.92 Å². The lowest BCUT2D eigenvalue weighted by atomic mass is 9.98. The fourth-order valence-corrected chi connectivity index (χ4v) is 6.79. The van der Waals surface area contributed by atoms with E-state index in [4.69, 9.17) is 0 Å². The Morgan fingerprint density at radius 2 is 1.57 bits per heavy atom. The summed E-state index contributed by atoms with van der Waals surface area (Å²) in [7, 11) is 0. The highest BCUT2D eigenvalue weighted by Gasteiger charge is 2.34. The molecule has 4 rings (SSSR count). The van der Waals surface area contributed by atoms with Crippen LogP contribution < -0.4 is 21.3 Å². The summed E-state index contributed by atoms with van der Waals surface area (Å²) in [4.78, 5) is 55.8. The lowest BCUT2D eigenvalue weighted by Crippen LogP contribution is -2.30. The van der Waals surface area contributed by atoms with E-state index in [0.717, 1.165) is 60.6 Å². The third-order valence-corrected chi connectivity index (χ3v) is 9.28. The first-order valence-corrected chi connectivity index (χ1v) is 15.4. The Hall–Kier alpha value is -3.99. The molecule has 11 heteroatoms. The number of carbonyl (C=O) groups is 4. The molecular formula is C33H42N4O6S. The van der Waals surface area contributed by atoms with Gasteiger partial charge < -0.3 is 30.8 Å². The number of hydrogen-bond acceptors (Lipinski definition) is 5. The van der Waals surface area contributed by atoms with E-state index in [-0.39, 0.29) is 49.1 Å². The summed E-state index contributed by atoms with van der Waals surface area (Å²) in [5.41, 5.74) is 7.84. The summed E-state index contributed by atoms with van der Waals surface area (Å²) in [6, 6.07) is -0.513. The Morgan fingerprint density at radius 3 is 2.14 bits per heavy atom. The number of carbonyl (C=O) groups excluding carboxylic acids is 2. The average molecular weight is 623 g/mol. The highest BCUT2D eigenvalue weighted by atomic mass is 32.1. The van der Waals surface area contributed by atoms with Crippen LogP contribution in [0.25, 0.3) is 12.2 Å². The Kier molecular flexibility index (Phi) is 9.98. The molecule has 236 valence electrons. The van der Waals surface area contributed by atoms with Crippen LogP contribution in [0.1, 0.15) is 80.6 Å². The van der Waals surface area contributed by atoms with Crippen LogP contribution >= 0.6 is 12.6 Å². The van der Waals surface area contributed by atoms with Crippen molar-refractivity contribution >= 4 is 48.5 Å².